The van der Waals surface area contributed by atoms with Gasteiger partial charge in [-0.3, -0.25) is 9.59 Å². The van der Waals surface area contributed by atoms with Crippen LogP contribution in [0, 0.1) is 0 Å². The number of amides is 1. The second kappa shape index (κ2) is 8.40. The van der Waals surface area contributed by atoms with E-state index >= 15 is 0 Å². The molecule has 1 unspecified atom stereocenters. The van der Waals surface area contributed by atoms with Crippen molar-refractivity contribution in [2.45, 2.75) is 39.4 Å². The van der Waals surface area contributed by atoms with Crippen LogP contribution >= 0.6 is 0 Å². The number of hydrogen-bond acceptors (Lipinski definition) is 4. The van der Waals surface area contributed by atoms with Crippen LogP contribution in [0.4, 0.5) is 0 Å². The summed E-state index contributed by atoms with van der Waals surface area (Å²) in [5, 5.41) is 13.4. The van der Waals surface area contributed by atoms with Crippen LogP contribution in [0.3, 0.4) is 0 Å². The Balaban J connectivity index is 2.31. The minimum Gasteiger partial charge on any atom is -0.396 e. The van der Waals surface area contributed by atoms with Gasteiger partial charge in [0.15, 0.2) is 0 Å². The zero-order valence-corrected chi connectivity index (χ0v) is 14.1. The molecule has 0 aliphatic rings. The van der Waals surface area contributed by atoms with E-state index in [0.29, 0.717) is 19.5 Å². The molecule has 1 aromatic carbocycles. The van der Waals surface area contributed by atoms with Crippen LogP contribution in [0.5, 0.6) is 0 Å². The molecule has 24 heavy (non-hydrogen) atoms. The molecule has 2 rings (SSSR count). The van der Waals surface area contributed by atoms with E-state index in [9.17, 15) is 14.7 Å². The Bertz CT molecular complexity index is 728. The van der Waals surface area contributed by atoms with Crippen molar-refractivity contribution in [3.8, 4) is 0 Å². The number of rotatable bonds is 7. The summed E-state index contributed by atoms with van der Waals surface area (Å²) in [7, 11) is 0. The van der Waals surface area contributed by atoms with Gasteiger partial charge in [-0.1, -0.05) is 30.3 Å². The number of aromatic nitrogens is 2. The third-order valence-electron chi connectivity index (χ3n) is 3.92. The van der Waals surface area contributed by atoms with Gasteiger partial charge >= 0.3 is 0 Å². The minimum atomic E-state index is -0.248. The van der Waals surface area contributed by atoms with E-state index in [4.69, 9.17) is 0 Å². The van der Waals surface area contributed by atoms with Gasteiger partial charge in [0.25, 0.3) is 11.5 Å². The quantitative estimate of drug-likeness (QED) is 0.838. The number of carbonyl (C=O) groups excluding carboxylic acids is 1. The lowest BCUT2D eigenvalue weighted by Gasteiger charge is -2.29. The molecule has 128 valence electrons. The molecule has 1 N–H and O–H groups in total. The predicted molar refractivity (Wildman–Crippen MR) is 91.7 cm³/mol. The van der Waals surface area contributed by atoms with Crippen molar-refractivity contribution in [3.05, 3.63) is 64.1 Å². The van der Waals surface area contributed by atoms with Crippen LogP contribution in [-0.4, -0.2) is 38.3 Å². The van der Waals surface area contributed by atoms with Crippen LogP contribution in [0.25, 0.3) is 0 Å². The Morgan fingerprint density at radius 3 is 2.58 bits per heavy atom. The van der Waals surface area contributed by atoms with Crippen molar-refractivity contribution in [1.82, 2.24) is 14.7 Å². The third kappa shape index (κ3) is 4.29. The van der Waals surface area contributed by atoms with Crippen LogP contribution in [0.2, 0.25) is 0 Å². The van der Waals surface area contributed by atoms with Gasteiger partial charge in [0.05, 0.1) is 0 Å². The number of aliphatic hydroxyl groups excluding tert-OH is 1. The van der Waals surface area contributed by atoms with Crippen LogP contribution < -0.4 is 5.56 Å². The molecule has 0 aliphatic carbocycles. The lowest BCUT2D eigenvalue weighted by atomic mass is 10.1. The predicted octanol–water partition coefficient (Wildman–Crippen LogP) is 1.68. The average molecular weight is 329 g/mol. The fourth-order valence-corrected chi connectivity index (χ4v) is 2.49. The average Bonchev–Trinajstić information content (AvgIpc) is 2.60. The standard InChI is InChI=1S/C18H23N3O3/c1-3-21-17(23)10-9-16(19-21)18(24)20(14(2)11-12-22)13-15-7-5-4-6-8-15/h4-10,14,22H,3,11-13H2,1-2H3. The van der Waals surface area contributed by atoms with Crippen LogP contribution in [-0.2, 0) is 13.1 Å². The monoisotopic (exact) mass is 329 g/mol. The summed E-state index contributed by atoms with van der Waals surface area (Å²) in [6.07, 6.45) is 0.478. The highest BCUT2D eigenvalue weighted by molar-refractivity contribution is 5.92. The topological polar surface area (TPSA) is 75.4 Å². The van der Waals surface area contributed by atoms with Gasteiger partial charge in [-0.25, -0.2) is 4.68 Å². The molecule has 1 amide bonds. The first-order valence-electron chi connectivity index (χ1n) is 8.10. The number of hydrogen-bond donors (Lipinski definition) is 1. The molecule has 1 heterocycles. The minimum absolute atomic E-state index is 0.00161. The summed E-state index contributed by atoms with van der Waals surface area (Å²) in [5.41, 5.74) is 1.00. The molecular formula is C18H23N3O3. The van der Waals surface area contributed by atoms with Crippen molar-refractivity contribution in [1.29, 1.82) is 0 Å². The molecule has 0 saturated carbocycles. The Labute approximate surface area is 141 Å². The van der Waals surface area contributed by atoms with E-state index in [0.717, 1.165) is 5.56 Å². The molecule has 0 bridgehead atoms. The molecule has 0 spiro atoms. The summed E-state index contributed by atoms with van der Waals surface area (Å²) in [6, 6.07) is 12.3. The maximum Gasteiger partial charge on any atom is 0.274 e. The van der Waals surface area contributed by atoms with E-state index in [1.165, 1.54) is 16.8 Å². The highest BCUT2D eigenvalue weighted by atomic mass is 16.3. The van der Waals surface area contributed by atoms with Gasteiger partial charge in [-0.15, -0.1) is 0 Å². The van der Waals surface area contributed by atoms with E-state index in [-0.39, 0.29) is 29.8 Å². The van der Waals surface area contributed by atoms with E-state index in [2.05, 4.69) is 5.10 Å². The maximum absolute atomic E-state index is 12.9. The number of aryl methyl sites for hydroxylation is 1. The maximum atomic E-state index is 12.9. The molecule has 1 aromatic heterocycles. The lowest BCUT2D eigenvalue weighted by Crippen LogP contribution is -2.40. The molecule has 6 heteroatoms. The summed E-state index contributed by atoms with van der Waals surface area (Å²) < 4.78 is 1.27. The van der Waals surface area contributed by atoms with Crippen molar-refractivity contribution in [2.24, 2.45) is 0 Å². The second-order valence-electron chi connectivity index (χ2n) is 5.65. The molecule has 1 atom stereocenters. The molecule has 0 aliphatic heterocycles. The van der Waals surface area contributed by atoms with Crippen molar-refractivity contribution >= 4 is 5.91 Å². The molecular weight excluding hydrogens is 306 g/mol. The Hall–Kier alpha value is -2.47. The third-order valence-corrected chi connectivity index (χ3v) is 3.92. The zero-order chi connectivity index (χ0) is 17.5. The molecule has 0 radical (unpaired) electrons. The Kier molecular flexibility index (Phi) is 6.26. The highest BCUT2D eigenvalue weighted by Gasteiger charge is 2.23. The summed E-state index contributed by atoms with van der Waals surface area (Å²) in [4.78, 5) is 26.3. The van der Waals surface area contributed by atoms with Gasteiger partial charge in [0.2, 0.25) is 0 Å². The molecule has 0 saturated heterocycles. The lowest BCUT2D eigenvalue weighted by molar-refractivity contribution is 0.0639. The largest absolute Gasteiger partial charge is 0.396 e. The van der Waals surface area contributed by atoms with Crippen LogP contribution in [0.1, 0.15) is 36.3 Å². The van der Waals surface area contributed by atoms with Crippen molar-refractivity contribution in [2.75, 3.05) is 6.61 Å². The summed E-state index contributed by atoms with van der Waals surface area (Å²) >= 11 is 0. The Morgan fingerprint density at radius 1 is 1.25 bits per heavy atom. The highest BCUT2D eigenvalue weighted by Crippen LogP contribution is 2.14. The van der Waals surface area contributed by atoms with Crippen molar-refractivity contribution < 1.29 is 9.90 Å². The van der Waals surface area contributed by atoms with E-state index in [1.54, 1.807) is 11.8 Å². The van der Waals surface area contributed by atoms with E-state index in [1.807, 2.05) is 37.3 Å². The first kappa shape index (κ1) is 17.9. The van der Waals surface area contributed by atoms with Crippen molar-refractivity contribution in [3.63, 3.8) is 0 Å². The molecule has 0 fully saturated rings. The van der Waals surface area contributed by atoms with Gasteiger partial charge < -0.3 is 10.0 Å². The number of aliphatic hydroxyl groups is 1. The summed E-state index contributed by atoms with van der Waals surface area (Å²) in [5.74, 6) is -0.248. The molecule has 2 aromatic rings. The van der Waals surface area contributed by atoms with Gasteiger partial charge in [0.1, 0.15) is 5.69 Å². The van der Waals surface area contributed by atoms with Gasteiger partial charge in [-0.2, -0.15) is 5.10 Å². The second-order valence-corrected chi connectivity index (χ2v) is 5.65. The summed E-state index contributed by atoms with van der Waals surface area (Å²) in [6.45, 7) is 4.53. The first-order valence-corrected chi connectivity index (χ1v) is 8.10. The SMILES string of the molecule is CCn1nc(C(=O)N(Cc2ccccc2)C(C)CCO)ccc1=O. The van der Waals surface area contributed by atoms with Crippen LogP contribution in [0.15, 0.2) is 47.3 Å². The van der Waals surface area contributed by atoms with E-state index < -0.39 is 0 Å². The fourth-order valence-electron chi connectivity index (χ4n) is 2.49. The first-order chi connectivity index (χ1) is 11.6. The van der Waals surface area contributed by atoms with Gasteiger partial charge in [-0.05, 0) is 31.9 Å². The smallest absolute Gasteiger partial charge is 0.274 e. The number of benzene rings is 1. The van der Waals surface area contributed by atoms with Gasteiger partial charge in [0, 0.05) is 31.8 Å². The molecule has 6 nitrogen and oxygen atoms in total. The zero-order valence-electron chi connectivity index (χ0n) is 14.1. The fraction of sp³-hybridized carbons (Fsp3) is 0.389. The number of carbonyl (C=O) groups is 1. The number of nitrogens with zero attached hydrogens (tertiary/aromatic N) is 3. The Morgan fingerprint density at radius 2 is 1.96 bits per heavy atom. The normalized spacial score (nSPS) is 12.0.